The van der Waals surface area contributed by atoms with E-state index < -0.39 is 0 Å². The van der Waals surface area contributed by atoms with Crippen LogP contribution in [0.2, 0.25) is 0 Å². The van der Waals surface area contributed by atoms with Gasteiger partial charge < -0.3 is 9.73 Å². The Morgan fingerprint density at radius 1 is 1.35 bits per heavy atom. The Kier molecular flexibility index (Phi) is 4.28. The number of nitrogens with one attached hydrogen (secondary N) is 2. The molecule has 0 radical (unpaired) electrons. The summed E-state index contributed by atoms with van der Waals surface area (Å²) in [5.41, 5.74) is 2.31. The number of thioether (sulfide) groups is 1. The van der Waals surface area contributed by atoms with Gasteiger partial charge >= 0.3 is 0 Å². The molecule has 0 spiro atoms. The normalized spacial score (nSPS) is 10.9. The smallest absolute Gasteiger partial charge is 0.118 e. The Hall–Kier alpha value is -1.20. The number of aryl methyl sites for hydroxylation is 1. The summed E-state index contributed by atoms with van der Waals surface area (Å²) in [4.78, 5) is 0. The molecule has 4 nitrogen and oxygen atoms in total. The van der Waals surface area contributed by atoms with E-state index in [1.807, 2.05) is 25.3 Å². The van der Waals surface area contributed by atoms with Crippen LogP contribution in [0.4, 0.5) is 0 Å². The molecule has 0 saturated heterocycles. The molecule has 0 saturated carbocycles. The minimum atomic E-state index is 0.749. The maximum absolute atomic E-state index is 5.67. The fourth-order valence-electron chi connectivity index (χ4n) is 1.61. The fraction of sp³-hybridized carbons (Fsp3) is 0.417. The molecule has 0 atom stereocenters. The van der Waals surface area contributed by atoms with Crippen molar-refractivity contribution in [2.24, 2.45) is 0 Å². The van der Waals surface area contributed by atoms with E-state index in [1.54, 1.807) is 11.8 Å². The average molecular weight is 251 g/mol. The fourth-order valence-corrected chi connectivity index (χ4v) is 2.05. The van der Waals surface area contributed by atoms with Crippen LogP contribution < -0.4 is 5.32 Å². The zero-order valence-corrected chi connectivity index (χ0v) is 10.9. The van der Waals surface area contributed by atoms with E-state index in [-0.39, 0.29) is 0 Å². The zero-order valence-electron chi connectivity index (χ0n) is 10.1. The summed E-state index contributed by atoms with van der Waals surface area (Å²) in [6, 6.07) is 4.07. The summed E-state index contributed by atoms with van der Waals surface area (Å²) in [5, 5.41) is 10.2. The van der Waals surface area contributed by atoms with Gasteiger partial charge in [0.05, 0.1) is 18.5 Å². The highest BCUT2D eigenvalue weighted by atomic mass is 32.2. The first-order chi connectivity index (χ1) is 8.29. The van der Waals surface area contributed by atoms with Crippen LogP contribution in [0.3, 0.4) is 0 Å². The second kappa shape index (κ2) is 5.93. The maximum Gasteiger partial charge on any atom is 0.118 e. The second-order valence-electron chi connectivity index (χ2n) is 3.92. The molecule has 0 unspecified atom stereocenters. The van der Waals surface area contributed by atoms with Crippen LogP contribution >= 0.6 is 11.8 Å². The van der Waals surface area contributed by atoms with Gasteiger partial charge in [0, 0.05) is 17.8 Å². The monoisotopic (exact) mass is 251 g/mol. The van der Waals surface area contributed by atoms with Gasteiger partial charge in [-0.05, 0) is 25.3 Å². The van der Waals surface area contributed by atoms with Gasteiger partial charge in [-0.25, -0.2) is 0 Å². The van der Waals surface area contributed by atoms with E-state index in [4.69, 9.17) is 4.42 Å². The minimum Gasteiger partial charge on any atom is -0.464 e. The molecule has 92 valence electrons. The predicted octanol–water partition coefficient (Wildman–Crippen LogP) is 2.46. The number of furan rings is 1. The van der Waals surface area contributed by atoms with Crippen molar-refractivity contribution in [3.63, 3.8) is 0 Å². The molecule has 0 aliphatic rings. The summed E-state index contributed by atoms with van der Waals surface area (Å²) >= 11 is 1.77. The first kappa shape index (κ1) is 12.3. The van der Waals surface area contributed by atoms with Gasteiger partial charge in [-0.1, -0.05) is 0 Å². The molecule has 0 aromatic carbocycles. The van der Waals surface area contributed by atoms with E-state index in [2.05, 4.69) is 21.8 Å². The van der Waals surface area contributed by atoms with Crippen molar-refractivity contribution in [3.05, 3.63) is 41.1 Å². The minimum absolute atomic E-state index is 0.749. The zero-order chi connectivity index (χ0) is 12.1. The SMILES string of the molecule is CSCc1ccc(CNCc2cn[nH]c2C)o1. The van der Waals surface area contributed by atoms with Crippen molar-refractivity contribution >= 4 is 11.8 Å². The van der Waals surface area contributed by atoms with Crippen molar-refractivity contribution in [3.8, 4) is 0 Å². The summed E-state index contributed by atoms with van der Waals surface area (Å²) in [5.74, 6) is 2.95. The Labute approximate surface area is 105 Å². The number of aromatic amines is 1. The first-order valence-corrected chi connectivity index (χ1v) is 6.95. The molecule has 2 N–H and O–H groups in total. The lowest BCUT2D eigenvalue weighted by atomic mass is 10.2. The second-order valence-corrected chi connectivity index (χ2v) is 4.79. The molecule has 2 heterocycles. The molecule has 17 heavy (non-hydrogen) atoms. The Bertz CT molecular complexity index is 464. The van der Waals surface area contributed by atoms with E-state index in [1.165, 1.54) is 5.56 Å². The van der Waals surface area contributed by atoms with Gasteiger partial charge in [0.2, 0.25) is 0 Å². The van der Waals surface area contributed by atoms with Crippen LogP contribution in [0.1, 0.15) is 22.8 Å². The quantitative estimate of drug-likeness (QED) is 0.828. The molecule has 2 aromatic rings. The van der Waals surface area contributed by atoms with Gasteiger partial charge in [0.25, 0.3) is 0 Å². The molecule has 0 aliphatic heterocycles. The highest BCUT2D eigenvalue weighted by Gasteiger charge is 2.03. The van der Waals surface area contributed by atoms with E-state index >= 15 is 0 Å². The van der Waals surface area contributed by atoms with Crippen LogP contribution in [0.15, 0.2) is 22.7 Å². The molecular weight excluding hydrogens is 234 g/mol. The lowest BCUT2D eigenvalue weighted by molar-refractivity contribution is 0.459. The van der Waals surface area contributed by atoms with Crippen LogP contribution in [-0.4, -0.2) is 16.5 Å². The van der Waals surface area contributed by atoms with E-state index in [0.29, 0.717) is 0 Å². The Morgan fingerprint density at radius 3 is 2.88 bits per heavy atom. The highest BCUT2D eigenvalue weighted by Crippen LogP contribution is 2.13. The van der Waals surface area contributed by atoms with Crippen molar-refractivity contribution < 1.29 is 4.42 Å². The number of hydrogen-bond acceptors (Lipinski definition) is 4. The van der Waals surface area contributed by atoms with Crippen molar-refractivity contribution in [1.29, 1.82) is 0 Å². The number of nitrogens with zero attached hydrogens (tertiary/aromatic N) is 1. The van der Waals surface area contributed by atoms with Crippen molar-refractivity contribution in [1.82, 2.24) is 15.5 Å². The lowest BCUT2D eigenvalue weighted by Crippen LogP contribution is -2.12. The van der Waals surface area contributed by atoms with E-state index in [9.17, 15) is 0 Å². The first-order valence-electron chi connectivity index (χ1n) is 5.55. The van der Waals surface area contributed by atoms with Gasteiger partial charge in [0.1, 0.15) is 11.5 Å². The summed E-state index contributed by atoms with van der Waals surface area (Å²) < 4.78 is 5.67. The van der Waals surface area contributed by atoms with E-state index in [0.717, 1.165) is 36.1 Å². The molecule has 2 aromatic heterocycles. The molecule has 2 rings (SSSR count). The number of H-pyrrole nitrogens is 1. The summed E-state index contributed by atoms with van der Waals surface area (Å²) in [7, 11) is 0. The molecular formula is C12H17N3OS. The lowest BCUT2D eigenvalue weighted by Gasteiger charge is -2.01. The third kappa shape index (κ3) is 3.38. The topological polar surface area (TPSA) is 53.9 Å². The number of aromatic nitrogens is 2. The summed E-state index contributed by atoms with van der Waals surface area (Å²) in [6.07, 6.45) is 3.92. The molecule has 0 fully saturated rings. The largest absolute Gasteiger partial charge is 0.464 e. The average Bonchev–Trinajstić information content (AvgIpc) is 2.90. The summed E-state index contributed by atoms with van der Waals surface area (Å²) in [6.45, 7) is 3.58. The molecule has 0 amide bonds. The van der Waals surface area contributed by atoms with Gasteiger partial charge in [-0.2, -0.15) is 16.9 Å². The van der Waals surface area contributed by atoms with Gasteiger partial charge in [-0.15, -0.1) is 0 Å². The molecule has 5 heteroatoms. The Morgan fingerprint density at radius 2 is 2.18 bits per heavy atom. The standard InChI is InChI=1S/C12H17N3OS/c1-9-10(6-14-15-9)5-13-7-11-3-4-12(16-11)8-17-2/h3-4,6,13H,5,7-8H2,1-2H3,(H,14,15). The van der Waals surface area contributed by atoms with Crippen molar-refractivity contribution in [2.75, 3.05) is 6.26 Å². The van der Waals surface area contributed by atoms with Crippen LogP contribution in [0.25, 0.3) is 0 Å². The third-order valence-electron chi connectivity index (χ3n) is 2.55. The van der Waals surface area contributed by atoms with Gasteiger partial charge in [-0.3, -0.25) is 5.10 Å². The van der Waals surface area contributed by atoms with Crippen LogP contribution in [0.5, 0.6) is 0 Å². The highest BCUT2D eigenvalue weighted by molar-refractivity contribution is 7.97. The van der Waals surface area contributed by atoms with Crippen molar-refractivity contribution in [2.45, 2.75) is 25.8 Å². The number of rotatable bonds is 6. The Balaban J connectivity index is 1.80. The third-order valence-corrected chi connectivity index (χ3v) is 3.13. The predicted molar refractivity (Wildman–Crippen MR) is 69.8 cm³/mol. The molecule has 0 bridgehead atoms. The maximum atomic E-state index is 5.67. The number of hydrogen-bond donors (Lipinski definition) is 2. The van der Waals surface area contributed by atoms with Gasteiger partial charge in [0.15, 0.2) is 0 Å². The van der Waals surface area contributed by atoms with Crippen LogP contribution in [-0.2, 0) is 18.8 Å². The van der Waals surface area contributed by atoms with Crippen LogP contribution in [0, 0.1) is 6.92 Å². The molecule has 0 aliphatic carbocycles.